The van der Waals surface area contributed by atoms with Gasteiger partial charge < -0.3 is 19.9 Å². The highest BCUT2D eigenvalue weighted by Crippen LogP contribution is 2.25. The zero-order chi connectivity index (χ0) is 22.3. The van der Waals surface area contributed by atoms with Gasteiger partial charge in [0.15, 0.2) is 11.0 Å². The van der Waals surface area contributed by atoms with E-state index in [-0.39, 0.29) is 23.7 Å². The van der Waals surface area contributed by atoms with Crippen LogP contribution in [0.5, 0.6) is 0 Å². The minimum Gasteiger partial charge on any atom is -0.376 e. The van der Waals surface area contributed by atoms with E-state index >= 15 is 0 Å². The van der Waals surface area contributed by atoms with Gasteiger partial charge in [-0.2, -0.15) is 0 Å². The fourth-order valence-electron chi connectivity index (χ4n) is 3.43. The summed E-state index contributed by atoms with van der Waals surface area (Å²) in [4.78, 5) is 24.6. The van der Waals surface area contributed by atoms with Crippen molar-refractivity contribution in [2.45, 2.75) is 24.1 Å². The minimum atomic E-state index is -0.175. The number of rotatable bonds is 8. The van der Waals surface area contributed by atoms with E-state index < -0.39 is 0 Å². The molecule has 1 aliphatic heterocycles. The lowest BCUT2D eigenvalue weighted by atomic mass is 10.1. The summed E-state index contributed by atoms with van der Waals surface area (Å²) in [5, 5.41) is 15.0. The Balaban J connectivity index is 1.36. The fraction of sp³-hybridized carbons (Fsp3) is 0.304. The highest BCUT2D eigenvalue weighted by atomic mass is 32.2. The summed E-state index contributed by atoms with van der Waals surface area (Å²) in [6.45, 7) is 1.32. The second-order valence-electron chi connectivity index (χ2n) is 7.49. The molecule has 0 radical (unpaired) electrons. The molecule has 2 aromatic carbocycles. The Morgan fingerprint density at radius 1 is 1.16 bits per heavy atom. The maximum atomic E-state index is 12.4. The van der Waals surface area contributed by atoms with Crippen molar-refractivity contribution in [3.8, 4) is 11.4 Å². The maximum absolute atomic E-state index is 12.4. The zero-order valence-electron chi connectivity index (χ0n) is 17.8. The Bertz CT molecular complexity index is 1080. The van der Waals surface area contributed by atoms with Gasteiger partial charge >= 0.3 is 0 Å². The molecule has 2 heterocycles. The largest absolute Gasteiger partial charge is 0.376 e. The van der Waals surface area contributed by atoms with E-state index in [9.17, 15) is 9.59 Å². The standard InChI is InChI=1S/C23H25N5O3S/c1-28-21(26-27-23(28)32-15-20(29)24-14-19-11-6-12-31-19)17-9-5-10-18(13-17)25-22(30)16-7-3-2-4-8-16/h2-5,7-10,13,19H,6,11-12,14-15H2,1H3,(H,24,29)(H,25,30). The quantitative estimate of drug-likeness (QED) is 0.511. The third-order valence-corrected chi connectivity index (χ3v) is 6.15. The van der Waals surface area contributed by atoms with Gasteiger partial charge in [0.2, 0.25) is 5.91 Å². The van der Waals surface area contributed by atoms with Crippen LogP contribution in [0.3, 0.4) is 0 Å². The van der Waals surface area contributed by atoms with E-state index in [1.807, 2.05) is 54.1 Å². The van der Waals surface area contributed by atoms with Gasteiger partial charge in [0.1, 0.15) is 0 Å². The SMILES string of the molecule is Cn1c(SCC(=O)NCC2CCCO2)nnc1-c1cccc(NC(=O)c2ccccc2)c1. The Kier molecular flexibility index (Phi) is 7.18. The van der Waals surface area contributed by atoms with Crippen molar-refractivity contribution in [2.75, 3.05) is 24.2 Å². The molecule has 166 valence electrons. The molecule has 0 aliphatic carbocycles. The molecule has 0 spiro atoms. The van der Waals surface area contributed by atoms with Gasteiger partial charge in [-0.15, -0.1) is 10.2 Å². The number of hydrogen-bond donors (Lipinski definition) is 2. The number of anilines is 1. The maximum Gasteiger partial charge on any atom is 0.255 e. The number of benzene rings is 2. The van der Waals surface area contributed by atoms with Crippen molar-refractivity contribution < 1.29 is 14.3 Å². The van der Waals surface area contributed by atoms with E-state index in [2.05, 4.69) is 20.8 Å². The molecule has 1 unspecified atom stereocenters. The molecule has 4 rings (SSSR count). The van der Waals surface area contributed by atoms with Crippen molar-refractivity contribution in [1.29, 1.82) is 0 Å². The summed E-state index contributed by atoms with van der Waals surface area (Å²) < 4.78 is 7.37. The molecule has 32 heavy (non-hydrogen) atoms. The molecule has 1 aliphatic rings. The van der Waals surface area contributed by atoms with Gasteiger partial charge in [0.05, 0.1) is 11.9 Å². The summed E-state index contributed by atoms with van der Waals surface area (Å²) in [6, 6.07) is 16.5. The van der Waals surface area contributed by atoms with Crippen LogP contribution in [0.15, 0.2) is 59.8 Å². The van der Waals surface area contributed by atoms with Crippen LogP contribution in [0.1, 0.15) is 23.2 Å². The molecule has 1 aromatic heterocycles. The molecule has 0 bridgehead atoms. The lowest BCUT2D eigenvalue weighted by Gasteiger charge is -2.10. The predicted octanol–water partition coefficient (Wildman–Crippen LogP) is 3.12. The van der Waals surface area contributed by atoms with Gasteiger partial charge in [-0.3, -0.25) is 9.59 Å². The van der Waals surface area contributed by atoms with Gasteiger partial charge in [0, 0.05) is 37.0 Å². The molecule has 2 N–H and O–H groups in total. The van der Waals surface area contributed by atoms with Crippen molar-refractivity contribution >= 4 is 29.3 Å². The lowest BCUT2D eigenvalue weighted by Crippen LogP contribution is -2.32. The van der Waals surface area contributed by atoms with Crippen molar-refractivity contribution in [2.24, 2.45) is 7.05 Å². The Labute approximate surface area is 190 Å². The number of hydrogen-bond acceptors (Lipinski definition) is 6. The summed E-state index contributed by atoms with van der Waals surface area (Å²) in [5.74, 6) is 0.681. The highest BCUT2D eigenvalue weighted by Gasteiger charge is 2.17. The van der Waals surface area contributed by atoms with E-state index in [0.717, 1.165) is 25.0 Å². The van der Waals surface area contributed by atoms with E-state index in [0.29, 0.717) is 28.8 Å². The summed E-state index contributed by atoms with van der Waals surface area (Å²) >= 11 is 1.33. The molecule has 2 amide bonds. The first-order valence-electron chi connectivity index (χ1n) is 10.5. The van der Waals surface area contributed by atoms with Gasteiger partial charge in [-0.25, -0.2) is 0 Å². The normalized spacial score (nSPS) is 15.5. The van der Waals surface area contributed by atoms with Crippen molar-refractivity contribution in [3.63, 3.8) is 0 Å². The Hall–Kier alpha value is -3.17. The minimum absolute atomic E-state index is 0.0549. The number of carbonyl (C=O) groups excluding carboxylic acids is 2. The summed E-state index contributed by atoms with van der Waals surface area (Å²) in [7, 11) is 1.86. The molecule has 1 atom stereocenters. The van der Waals surface area contributed by atoms with Gasteiger partial charge in [-0.1, -0.05) is 42.1 Å². The summed E-state index contributed by atoms with van der Waals surface area (Å²) in [5.41, 5.74) is 2.08. The van der Waals surface area contributed by atoms with Crippen LogP contribution < -0.4 is 10.6 Å². The van der Waals surface area contributed by atoms with Crippen molar-refractivity contribution in [1.82, 2.24) is 20.1 Å². The van der Waals surface area contributed by atoms with Crippen molar-refractivity contribution in [3.05, 3.63) is 60.2 Å². The number of nitrogens with zero attached hydrogens (tertiary/aromatic N) is 3. The van der Waals surface area contributed by atoms with Crippen LogP contribution in [0.25, 0.3) is 11.4 Å². The first-order valence-corrected chi connectivity index (χ1v) is 11.5. The zero-order valence-corrected chi connectivity index (χ0v) is 18.6. The number of amides is 2. The molecular weight excluding hydrogens is 426 g/mol. The fourth-order valence-corrected chi connectivity index (χ4v) is 4.18. The monoisotopic (exact) mass is 451 g/mol. The molecule has 9 heteroatoms. The number of carbonyl (C=O) groups is 2. The molecule has 1 saturated heterocycles. The highest BCUT2D eigenvalue weighted by molar-refractivity contribution is 7.99. The van der Waals surface area contributed by atoms with Gasteiger partial charge in [-0.05, 0) is 37.1 Å². The smallest absolute Gasteiger partial charge is 0.255 e. The average Bonchev–Trinajstić information content (AvgIpc) is 3.47. The molecule has 1 fully saturated rings. The second kappa shape index (κ2) is 10.4. The van der Waals surface area contributed by atoms with Crippen LogP contribution in [0, 0.1) is 0 Å². The second-order valence-corrected chi connectivity index (χ2v) is 8.44. The van der Waals surface area contributed by atoms with Crippen LogP contribution in [-0.4, -0.2) is 51.6 Å². The number of ether oxygens (including phenoxy) is 1. The molecule has 8 nitrogen and oxygen atoms in total. The Morgan fingerprint density at radius 3 is 2.78 bits per heavy atom. The Morgan fingerprint density at radius 2 is 2.00 bits per heavy atom. The van der Waals surface area contributed by atoms with Crippen LogP contribution in [0.2, 0.25) is 0 Å². The van der Waals surface area contributed by atoms with Gasteiger partial charge in [0.25, 0.3) is 5.91 Å². The van der Waals surface area contributed by atoms with E-state index in [1.54, 1.807) is 12.1 Å². The third kappa shape index (κ3) is 5.54. The first-order chi connectivity index (χ1) is 15.6. The first kappa shape index (κ1) is 22.0. The third-order valence-electron chi connectivity index (χ3n) is 5.13. The van der Waals surface area contributed by atoms with E-state index in [4.69, 9.17) is 4.74 Å². The number of aromatic nitrogens is 3. The number of thioether (sulfide) groups is 1. The average molecular weight is 452 g/mol. The summed E-state index contributed by atoms with van der Waals surface area (Å²) in [6.07, 6.45) is 2.17. The molecular formula is C23H25N5O3S. The molecule has 0 saturated carbocycles. The van der Waals surface area contributed by atoms with Crippen LogP contribution >= 0.6 is 11.8 Å². The topological polar surface area (TPSA) is 98.1 Å². The van der Waals surface area contributed by atoms with Crippen LogP contribution in [-0.2, 0) is 16.6 Å². The van der Waals surface area contributed by atoms with E-state index in [1.165, 1.54) is 11.8 Å². The predicted molar refractivity (Wildman–Crippen MR) is 124 cm³/mol. The molecule has 3 aromatic rings. The number of nitrogens with one attached hydrogen (secondary N) is 2. The lowest BCUT2D eigenvalue weighted by molar-refractivity contribution is -0.119. The van der Waals surface area contributed by atoms with Crippen LogP contribution in [0.4, 0.5) is 5.69 Å².